The Hall–Kier alpha value is -0.900. The number of likely N-dealkylation sites (N-methyl/N-ethyl adjacent to an activating group) is 1. The van der Waals surface area contributed by atoms with Crippen molar-refractivity contribution in [2.75, 3.05) is 26.8 Å². The van der Waals surface area contributed by atoms with Gasteiger partial charge in [-0.25, -0.2) is 0 Å². The lowest BCUT2D eigenvalue weighted by atomic mass is 9.94. The molecule has 84 valence electrons. The van der Waals surface area contributed by atoms with Crippen molar-refractivity contribution in [2.24, 2.45) is 0 Å². The van der Waals surface area contributed by atoms with Gasteiger partial charge in [-0.3, -0.25) is 0 Å². The van der Waals surface area contributed by atoms with Gasteiger partial charge in [0.15, 0.2) is 0 Å². The maximum Gasteiger partial charge on any atom is 0.125 e. The summed E-state index contributed by atoms with van der Waals surface area (Å²) in [4.78, 5) is 0. The Labute approximate surface area is 91.1 Å². The van der Waals surface area contributed by atoms with Crippen LogP contribution in [0.25, 0.3) is 0 Å². The summed E-state index contributed by atoms with van der Waals surface area (Å²) in [7, 11) is 1.60. The monoisotopic (exact) mass is 209 g/mol. The second-order valence-corrected chi connectivity index (χ2v) is 3.61. The Morgan fingerprint density at radius 2 is 2.00 bits per heavy atom. The topological polar surface area (TPSA) is 41.5 Å². The number of rotatable bonds is 6. The van der Waals surface area contributed by atoms with Crippen LogP contribution in [0.2, 0.25) is 0 Å². The molecule has 1 aromatic carbocycles. The molecule has 0 aliphatic rings. The Morgan fingerprint density at radius 3 is 2.53 bits per heavy atom. The lowest BCUT2D eigenvalue weighted by Gasteiger charge is -2.28. The summed E-state index contributed by atoms with van der Waals surface area (Å²) >= 11 is 0. The zero-order valence-electron chi connectivity index (χ0n) is 9.36. The van der Waals surface area contributed by atoms with Crippen LogP contribution in [-0.2, 0) is 10.3 Å². The predicted molar refractivity (Wildman–Crippen MR) is 60.8 cm³/mol. The van der Waals surface area contributed by atoms with Gasteiger partial charge in [0, 0.05) is 13.7 Å². The van der Waals surface area contributed by atoms with E-state index in [2.05, 4.69) is 5.32 Å². The first kappa shape index (κ1) is 12.2. The van der Waals surface area contributed by atoms with Crippen LogP contribution >= 0.6 is 0 Å². The average Bonchev–Trinajstić information content (AvgIpc) is 2.28. The molecule has 1 unspecified atom stereocenters. The van der Waals surface area contributed by atoms with Gasteiger partial charge in [0.05, 0.1) is 6.61 Å². The number of aliphatic hydroxyl groups is 1. The number of ether oxygens (including phenoxy) is 1. The van der Waals surface area contributed by atoms with E-state index in [0.717, 1.165) is 12.1 Å². The van der Waals surface area contributed by atoms with Crippen molar-refractivity contribution in [2.45, 2.75) is 12.5 Å². The van der Waals surface area contributed by atoms with Gasteiger partial charge in [-0.15, -0.1) is 0 Å². The molecule has 1 atom stereocenters. The second-order valence-electron chi connectivity index (χ2n) is 3.61. The number of hydrogen-bond acceptors (Lipinski definition) is 3. The molecular formula is C12H19NO2. The van der Waals surface area contributed by atoms with Crippen molar-refractivity contribution < 1.29 is 9.84 Å². The van der Waals surface area contributed by atoms with Crippen molar-refractivity contribution in [1.82, 2.24) is 5.32 Å². The molecular weight excluding hydrogens is 190 g/mol. The van der Waals surface area contributed by atoms with Gasteiger partial charge in [0.2, 0.25) is 0 Å². The highest BCUT2D eigenvalue weighted by Gasteiger charge is 2.28. The minimum Gasteiger partial charge on any atom is -0.381 e. The van der Waals surface area contributed by atoms with Gasteiger partial charge in [-0.05, 0) is 12.1 Å². The molecule has 1 aromatic rings. The predicted octanol–water partition coefficient (Wildman–Crippen LogP) is 1.13. The van der Waals surface area contributed by atoms with Crippen LogP contribution in [-0.4, -0.2) is 31.9 Å². The lowest BCUT2D eigenvalue weighted by Crippen LogP contribution is -2.41. The van der Waals surface area contributed by atoms with Crippen molar-refractivity contribution in [3.8, 4) is 0 Å². The SMILES string of the molecule is CCNCC(O)(COC)c1ccccc1. The average molecular weight is 209 g/mol. The Bertz CT molecular complexity index is 276. The van der Waals surface area contributed by atoms with Gasteiger partial charge in [-0.2, -0.15) is 0 Å². The van der Waals surface area contributed by atoms with E-state index in [1.807, 2.05) is 37.3 Å². The number of nitrogens with one attached hydrogen (secondary N) is 1. The molecule has 0 bridgehead atoms. The fourth-order valence-electron chi connectivity index (χ4n) is 1.56. The van der Waals surface area contributed by atoms with E-state index in [0.29, 0.717) is 13.2 Å². The third-order valence-electron chi connectivity index (χ3n) is 2.36. The first-order chi connectivity index (χ1) is 7.23. The summed E-state index contributed by atoms with van der Waals surface area (Å²) in [5, 5.41) is 13.6. The molecule has 0 heterocycles. The summed E-state index contributed by atoms with van der Waals surface area (Å²) in [6.07, 6.45) is 0. The van der Waals surface area contributed by atoms with E-state index in [-0.39, 0.29) is 0 Å². The molecule has 0 aromatic heterocycles. The summed E-state index contributed by atoms with van der Waals surface area (Å²) in [6.45, 7) is 3.64. The van der Waals surface area contributed by atoms with Gasteiger partial charge in [-0.1, -0.05) is 37.3 Å². The Morgan fingerprint density at radius 1 is 1.33 bits per heavy atom. The number of methoxy groups -OCH3 is 1. The smallest absolute Gasteiger partial charge is 0.125 e. The number of benzene rings is 1. The third-order valence-corrected chi connectivity index (χ3v) is 2.36. The van der Waals surface area contributed by atoms with E-state index in [1.165, 1.54) is 0 Å². The maximum atomic E-state index is 10.4. The van der Waals surface area contributed by atoms with Crippen LogP contribution in [0.15, 0.2) is 30.3 Å². The summed E-state index contributed by atoms with van der Waals surface area (Å²) in [5.41, 5.74) is -0.0562. The molecule has 0 radical (unpaired) electrons. The Balaban J connectivity index is 2.80. The highest BCUT2D eigenvalue weighted by Crippen LogP contribution is 2.20. The quantitative estimate of drug-likeness (QED) is 0.738. The summed E-state index contributed by atoms with van der Waals surface area (Å²) in [6, 6.07) is 9.60. The first-order valence-corrected chi connectivity index (χ1v) is 5.20. The number of hydrogen-bond donors (Lipinski definition) is 2. The molecule has 0 aliphatic carbocycles. The molecule has 0 amide bonds. The van der Waals surface area contributed by atoms with Gasteiger partial charge in [0.1, 0.15) is 5.60 Å². The van der Waals surface area contributed by atoms with Crippen LogP contribution in [0.5, 0.6) is 0 Å². The van der Waals surface area contributed by atoms with Gasteiger partial charge in [0.25, 0.3) is 0 Å². The van der Waals surface area contributed by atoms with E-state index >= 15 is 0 Å². The minimum absolute atomic E-state index is 0.296. The van der Waals surface area contributed by atoms with E-state index in [4.69, 9.17) is 4.74 Å². The minimum atomic E-state index is -0.938. The molecule has 0 saturated heterocycles. The highest BCUT2D eigenvalue weighted by molar-refractivity contribution is 5.22. The second kappa shape index (κ2) is 5.85. The van der Waals surface area contributed by atoms with Crippen LogP contribution in [0.3, 0.4) is 0 Å². The largest absolute Gasteiger partial charge is 0.381 e. The van der Waals surface area contributed by atoms with Crippen molar-refractivity contribution >= 4 is 0 Å². The molecule has 0 saturated carbocycles. The zero-order chi connectivity index (χ0) is 11.1. The summed E-state index contributed by atoms with van der Waals surface area (Å²) in [5.74, 6) is 0. The van der Waals surface area contributed by atoms with E-state index in [1.54, 1.807) is 7.11 Å². The molecule has 0 fully saturated rings. The molecule has 15 heavy (non-hydrogen) atoms. The van der Waals surface area contributed by atoms with Gasteiger partial charge < -0.3 is 15.2 Å². The van der Waals surface area contributed by atoms with Crippen molar-refractivity contribution in [3.63, 3.8) is 0 Å². The lowest BCUT2D eigenvalue weighted by molar-refractivity contribution is -0.0342. The molecule has 0 spiro atoms. The first-order valence-electron chi connectivity index (χ1n) is 5.20. The van der Waals surface area contributed by atoms with Crippen molar-refractivity contribution in [1.29, 1.82) is 0 Å². The molecule has 3 nitrogen and oxygen atoms in total. The van der Waals surface area contributed by atoms with Crippen LogP contribution in [0.4, 0.5) is 0 Å². The van der Waals surface area contributed by atoms with Crippen molar-refractivity contribution in [3.05, 3.63) is 35.9 Å². The fraction of sp³-hybridized carbons (Fsp3) is 0.500. The van der Waals surface area contributed by atoms with E-state index < -0.39 is 5.60 Å². The van der Waals surface area contributed by atoms with Crippen LogP contribution in [0.1, 0.15) is 12.5 Å². The summed E-state index contributed by atoms with van der Waals surface area (Å²) < 4.78 is 5.07. The molecule has 0 aliphatic heterocycles. The van der Waals surface area contributed by atoms with Gasteiger partial charge >= 0.3 is 0 Å². The molecule has 3 heteroatoms. The van der Waals surface area contributed by atoms with Crippen LogP contribution < -0.4 is 5.32 Å². The highest BCUT2D eigenvalue weighted by atomic mass is 16.5. The van der Waals surface area contributed by atoms with E-state index in [9.17, 15) is 5.11 Å². The zero-order valence-corrected chi connectivity index (χ0v) is 9.36. The molecule has 1 rings (SSSR count). The molecule has 2 N–H and O–H groups in total. The fourth-order valence-corrected chi connectivity index (χ4v) is 1.56. The Kier molecular flexibility index (Phi) is 4.75. The maximum absolute atomic E-state index is 10.4. The standard InChI is InChI=1S/C12H19NO2/c1-3-13-9-12(14,10-15-2)11-7-5-4-6-8-11/h4-8,13-14H,3,9-10H2,1-2H3. The third kappa shape index (κ3) is 3.30. The van der Waals surface area contributed by atoms with Crippen LogP contribution in [0, 0.1) is 0 Å². The normalized spacial score (nSPS) is 14.9.